The topological polar surface area (TPSA) is 74.5 Å². The van der Waals surface area contributed by atoms with E-state index in [0.717, 1.165) is 6.26 Å². The smallest absolute Gasteiger partial charge is 0.256 e. The Morgan fingerprint density at radius 3 is 2.35 bits per heavy atom. The largest absolute Gasteiger partial charge is 0.386 e. The zero-order valence-electron chi connectivity index (χ0n) is 10.5. The van der Waals surface area contributed by atoms with Crippen molar-refractivity contribution >= 4 is 38.9 Å². The maximum absolute atomic E-state index is 11.5. The third-order valence-electron chi connectivity index (χ3n) is 3.13. The van der Waals surface area contributed by atoms with Crippen molar-refractivity contribution in [1.29, 1.82) is 0 Å². The molecule has 1 N–H and O–H groups in total. The molecule has 1 aliphatic rings. The van der Waals surface area contributed by atoms with E-state index >= 15 is 0 Å². The van der Waals surface area contributed by atoms with Crippen molar-refractivity contribution in [3.05, 3.63) is 29.8 Å². The summed E-state index contributed by atoms with van der Waals surface area (Å²) in [5, 5.41) is 10.1. The number of aliphatic hydroxyl groups excluding tert-OH is 1. The van der Waals surface area contributed by atoms with Crippen molar-refractivity contribution in [3.8, 4) is 0 Å². The second-order valence-electron chi connectivity index (χ2n) is 4.64. The first-order valence-corrected chi connectivity index (χ1v) is 8.55. The van der Waals surface area contributed by atoms with Crippen LogP contribution in [0, 0.1) is 0 Å². The molecule has 0 aromatic heterocycles. The van der Waals surface area contributed by atoms with Gasteiger partial charge in [0.2, 0.25) is 0 Å². The van der Waals surface area contributed by atoms with Crippen molar-refractivity contribution < 1.29 is 18.3 Å². The predicted molar refractivity (Wildman–Crippen MR) is 75.5 cm³/mol. The number of amides is 1. The number of nitrogens with zero attached hydrogens (tertiary/aromatic N) is 1. The van der Waals surface area contributed by atoms with Crippen molar-refractivity contribution in [3.63, 3.8) is 0 Å². The Balaban J connectivity index is 2.08. The van der Waals surface area contributed by atoms with Crippen LogP contribution in [0.2, 0.25) is 0 Å². The fraction of sp³-hybridized carbons (Fsp3) is 0.417. The highest BCUT2D eigenvalue weighted by Crippen LogP contribution is 2.33. The molecular formula is C12H13Cl2NO4S. The number of aliphatic hydroxyl groups is 1. The molecular weight excluding hydrogens is 325 g/mol. The molecule has 1 saturated heterocycles. The summed E-state index contributed by atoms with van der Waals surface area (Å²) in [5.41, 5.74) is 0.540. The van der Waals surface area contributed by atoms with Gasteiger partial charge in [0.05, 0.1) is 10.9 Å². The van der Waals surface area contributed by atoms with Crippen molar-refractivity contribution in [2.24, 2.45) is 0 Å². The second-order valence-corrected chi connectivity index (χ2v) is 7.76. The van der Waals surface area contributed by atoms with Crippen LogP contribution in [0.3, 0.4) is 0 Å². The van der Waals surface area contributed by atoms with E-state index in [4.69, 9.17) is 23.2 Å². The first-order valence-electron chi connectivity index (χ1n) is 5.78. The number of alkyl halides is 2. The first kappa shape index (κ1) is 15.6. The molecule has 2 rings (SSSR count). The molecule has 1 heterocycles. The summed E-state index contributed by atoms with van der Waals surface area (Å²) in [5.74, 6) is -0.440. The van der Waals surface area contributed by atoms with E-state index in [1.807, 2.05) is 0 Å². The fourth-order valence-corrected chi connectivity index (χ4v) is 2.82. The number of hydrogen-bond donors (Lipinski definition) is 1. The van der Waals surface area contributed by atoms with Crippen LogP contribution in [-0.4, -0.2) is 48.0 Å². The molecule has 2 atom stereocenters. The lowest BCUT2D eigenvalue weighted by molar-refractivity contribution is -0.125. The molecule has 0 saturated carbocycles. The van der Waals surface area contributed by atoms with Crippen molar-refractivity contribution in [2.75, 3.05) is 12.8 Å². The van der Waals surface area contributed by atoms with Gasteiger partial charge in [-0.05, 0) is 17.7 Å². The van der Waals surface area contributed by atoms with Crippen LogP contribution in [0.4, 0.5) is 0 Å². The quantitative estimate of drug-likeness (QED) is 0.660. The molecule has 0 spiro atoms. The summed E-state index contributed by atoms with van der Waals surface area (Å²) >= 11 is 11.0. The van der Waals surface area contributed by atoms with Crippen LogP contribution in [0.5, 0.6) is 0 Å². The van der Waals surface area contributed by atoms with Crippen molar-refractivity contribution in [2.45, 2.75) is 21.9 Å². The van der Waals surface area contributed by atoms with E-state index in [2.05, 4.69) is 0 Å². The van der Waals surface area contributed by atoms with Crippen LogP contribution < -0.4 is 0 Å². The van der Waals surface area contributed by atoms with E-state index < -0.39 is 26.7 Å². The molecule has 0 bridgehead atoms. The number of carbonyl (C=O) groups excluding carboxylic acids is 1. The lowest BCUT2D eigenvalue weighted by Crippen LogP contribution is -2.22. The highest BCUT2D eigenvalue weighted by molar-refractivity contribution is 7.90. The molecule has 1 aromatic rings. The van der Waals surface area contributed by atoms with Gasteiger partial charge >= 0.3 is 0 Å². The standard InChI is InChI=1S/C12H13Cl2NO4S/c1-20(18,19)8-4-2-7(3-5-8)10(16)9-6-15(9)12(17)11(13)14/h2-5,9-11,16H,6H2,1H3/t9?,10-,15?/m1/s1. The summed E-state index contributed by atoms with van der Waals surface area (Å²) in [6.45, 7) is 0.379. The Hall–Kier alpha value is -0.820. The molecule has 5 nitrogen and oxygen atoms in total. The Bertz CT molecular complexity index is 615. The summed E-state index contributed by atoms with van der Waals surface area (Å²) in [6.07, 6.45) is 0.223. The van der Waals surface area contributed by atoms with Crippen LogP contribution in [-0.2, 0) is 14.6 Å². The number of sulfone groups is 1. The van der Waals surface area contributed by atoms with Crippen LogP contribution in [0.1, 0.15) is 11.7 Å². The molecule has 1 aliphatic heterocycles. The Morgan fingerprint density at radius 1 is 1.35 bits per heavy atom. The number of halogens is 2. The normalized spacial score (nSPS) is 20.1. The summed E-state index contributed by atoms with van der Waals surface area (Å²) in [4.78, 5) is 11.9. The minimum atomic E-state index is -3.27. The molecule has 8 heteroatoms. The fourth-order valence-electron chi connectivity index (χ4n) is 1.94. The van der Waals surface area contributed by atoms with Crippen LogP contribution in [0.15, 0.2) is 29.2 Å². The van der Waals surface area contributed by atoms with Gasteiger partial charge in [-0.2, -0.15) is 0 Å². The predicted octanol–water partition coefficient (Wildman–Crippen LogP) is 1.14. The van der Waals surface area contributed by atoms with Gasteiger partial charge in [-0.25, -0.2) is 8.42 Å². The first-order chi connectivity index (χ1) is 9.21. The molecule has 1 amide bonds. The zero-order chi connectivity index (χ0) is 15.1. The van der Waals surface area contributed by atoms with E-state index in [-0.39, 0.29) is 10.9 Å². The average Bonchev–Trinajstić information content (AvgIpc) is 3.16. The van der Waals surface area contributed by atoms with Crippen molar-refractivity contribution in [1.82, 2.24) is 4.90 Å². The molecule has 1 unspecified atom stereocenters. The summed E-state index contributed by atoms with van der Waals surface area (Å²) in [7, 11) is -3.27. The molecule has 1 fully saturated rings. The third-order valence-corrected chi connectivity index (χ3v) is 4.64. The van der Waals surface area contributed by atoms with Gasteiger partial charge in [-0.15, -0.1) is 0 Å². The molecule has 0 radical (unpaired) electrons. The van der Waals surface area contributed by atoms with Gasteiger partial charge in [0.25, 0.3) is 5.91 Å². The lowest BCUT2D eigenvalue weighted by atomic mass is 10.1. The molecule has 20 heavy (non-hydrogen) atoms. The van der Waals surface area contributed by atoms with E-state index in [1.54, 1.807) is 0 Å². The third kappa shape index (κ3) is 3.25. The second kappa shape index (κ2) is 5.52. The Kier molecular flexibility index (Phi) is 4.30. The molecule has 110 valence electrons. The number of benzene rings is 1. The highest BCUT2D eigenvalue weighted by Gasteiger charge is 2.45. The number of hydrogen-bond acceptors (Lipinski definition) is 4. The van der Waals surface area contributed by atoms with E-state index in [9.17, 15) is 18.3 Å². The van der Waals surface area contributed by atoms with E-state index in [1.165, 1.54) is 29.2 Å². The minimum Gasteiger partial charge on any atom is -0.386 e. The Morgan fingerprint density at radius 2 is 1.90 bits per heavy atom. The summed E-state index contributed by atoms with van der Waals surface area (Å²) in [6, 6.07) is 5.54. The highest BCUT2D eigenvalue weighted by atomic mass is 35.5. The number of carbonyl (C=O) groups is 1. The van der Waals surface area contributed by atoms with Gasteiger partial charge in [0.15, 0.2) is 14.7 Å². The van der Waals surface area contributed by atoms with Crippen LogP contribution in [0.25, 0.3) is 0 Å². The van der Waals surface area contributed by atoms with Crippen LogP contribution >= 0.6 is 23.2 Å². The van der Waals surface area contributed by atoms with Gasteiger partial charge < -0.3 is 10.0 Å². The van der Waals surface area contributed by atoms with Gasteiger partial charge in [-0.3, -0.25) is 4.79 Å². The Labute approximate surface area is 127 Å². The van der Waals surface area contributed by atoms with Gasteiger partial charge in [-0.1, -0.05) is 35.3 Å². The minimum absolute atomic E-state index is 0.179. The lowest BCUT2D eigenvalue weighted by Gasteiger charge is -2.12. The summed E-state index contributed by atoms with van der Waals surface area (Å²) < 4.78 is 22.7. The molecule has 0 aliphatic carbocycles. The van der Waals surface area contributed by atoms with Gasteiger partial charge in [0, 0.05) is 12.8 Å². The number of rotatable bonds is 4. The monoisotopic (exact) mass is 337 g/mol. The van der Waals surface area contributed by atoms with E-state index in [0.29, 0.717) is 12.1 Å². The average molecular weight is 338 g/mol. The SMILES string of the molecule is CS(=O)(=O)c1ccc([C@@H](O)C2CN2C(=O)C(Cl)Cl)cc1. The zero-order valence-corrected chi connectivity index (χ0v) is 12.9. The maximum atomic E-state index is 11.5. The molecule has 1 aromatic carbocycles. The maximum Gasteiger partial charge on any atom is 0.256 e. The van der Waals surface area contributed by atoms with Gasteiger partial charge in [0.1, 0.15) is 6.10 Å².